The Bertz CT molecular complexity index is 940. The predicted molar refractivity (Wildman–Crippen MR) is 96.0 cm³/mol. The third-order valence-corrected chi connectivity index (χ3v) is 4.96. The highest BCUT2D eigenvalue weighted by atomic mass is 32.2. The van der Waals surface area contributed by atoms with Crippen LogP contribution in [0, 0.1) is 6.92 Å². The summed E-state index contributed by atoms with van der Waals surface area (Å²) >= 11 is 0. The van der Waals surface area contributed by atoms with E-state index in [0.717, 1.165) is 5.56 Å². The summed E-state index contributed by atoms with van der Waals surface area (Å²) in [5.41, 5.74) is 1.07. The van der Waals surface area contributed by atoms with E-state index in [-0.39, 0.29) is 33.2 Å². The summed E-state index contributed by atoms with van der Waals surface area (Å²) in [5.74, 6) is -0.952. The molecule has 0 aliphatic carbocycles. The van der Waals surface area contributed by atoms with E-state index in [9.17, 15) is 23.4 Å². The number of phenolic OH excluding ortho intramolecular Hbond substituents is 1. The van der Waals surface area contributed by atoms with E-state index in [1.54, 1.807) is 12.1 Å². The first-order valence-electron chi connectivity index (χ1n) is 7.45. The highest BCUT2D eigenvalue weighted by Gasteiger charge is 2.18. The van der Waals surface area contributed by atoms with E-state index in [1.807, 2.05) is 6.92 Å². The predicted octanol–water partition coefficient (Wildman–Crippen LogP) is 3.38. The number of hydrogen-bond acceptors (Lipinski definition) is 5. The number of aromatic hydroxyl groups is 1. The Labute approximate surface area is 146 Å². The molecule has 0 radical (unpaired) electrons. The maximum Gasteiger partial charge on any atom is 0.261 e. The van der Waals surface area contributed by atoms with Gasteiger partial charge in [-0.2, -0.15) is 0 Å². The summed E-state index contributed by atoms with van der Waals surface area (Å²) in [6, 6.07) is 10.3. The molecule has 0 amide bonds. The van der Waals surface area contributed by atoms with E-state index >= 15 is 0 Å². The second-order valence-corrected chi connectivity index (χ2v) is 7.35. The molecule has 7 heteroatoms. The highest BCUT2D eigenvalue weighted by Crippen LogP contribution is 2.31. The number of nitrogens with one attached hydrogen (secondary N) is 1. The Balaban J connectivity index is 2.45. The van der Waals surface area contributed by atoms with Gasteiger partial charge in [0.05, 0.1) is 10.5 Å². The number of Topliss-reactive ketones (excluding diaryl/α,β-unsaturated/α-hetero) is 1. The first-order valence-corrected chi connectivity index (χ1v) is 8.94. The summed E-state index contributed by atoms with van der Waals surface area (Å²) in [4.78, 5) is 11.8. The lowest BCUT2D eigenvalue weighted by Crippen LogP contribution is -2.13. The van der Waals surface area contributed by atoms with Crippen molar-refractivity contribution in [2.75, 3.05) is 4.72 Å². The van der Waals surface area contributed by atoms with Gasteiger partial charge >= 0.3 is 0 Å². The van der Waals surface area contributed by atoms with Crippen LogP contribution < -0.4 is 4.72 Å². The number of anilines is 1. The van der Waals surface area contributed by atoms with Gasteiger partial charge in [0, 0.05) is 11.3 Å². The molecule has 0 saturated heterocycles. The Hall–Kier alpha value is -2.80. The molecular formula is C18H19NO5S. The number of ketones is 1. The number of rotatable bonds is 5. The summed E-state index contributed by atoms with van der Waals surface area (Å²) < 4.78 is 27.3. The number of phenols is 1. The monoisotopic (exact) mass is 361 g/mol. The number of hydrogen-bond donors (Lipinski definition) is 3. The zero-order chi connectivity index (χ0) is 18.8. The van der Waals surface area contributed by atoms with Crippen LogP contribution in [0.4, 0.5) is 5.69 Å². The summed E-state index contributed by atoms with van der Waals surface area (Å²) in [6.45, 7) is 4.42. The van der Waals surface area contributed by atoms with Crippen LogP contribution in [0.25, 0.3) is 5.57 Å². The molecule has 2 aromatic rings. The van der Waals surface area contributed by atoms with Gasteiger partial charge in [0.1, 0.15) is 11.5 Å². The maximum atomic E-state index is 12.4. The second-order valence-electron chi connectivity index (χ2n) is 5.67. The van der Waals surface area contributed by atoms with Crippen molar-refractivity contribution < 1.29 is 23.4 Å². The molecule has 2 rings (SSSR count). The van der Waals surface area contributed by atoms with Gasteiger partial charge in [-0.3, -0.25) is 9.52 Å². The number of carbonyl (C=O) groups excluding carboxylic acids is 1. The lowest BCUT2D eigenvalue weighted by molar-refractivity contribution is -0.111. The molecule has 6 nitrogen and oxygen atoms in total. The number of aryl methyl sites for hydroxylation is 1. The largest absolute Gasteiger partial charge is 0.512 e. The number of aliphatic hydroxyl groups is 1. The van der Waals surface area contributed by atoms with E-state index in [2.05, 4.69) is 4.72 Å². The number of benzene rings is 2. The highest BCUT2D eigenvalue weighted by molar-refractivity contribution is 7.92. The quantitative estimate of drug-likeness (QED) is 0.430. The maximum absolute atomic E-state index is 12.4. The van der Waals surface area contributed by atoms with Crippen molar-refractivity contribution in [3.8, 4) is 5.75 Å². The fourth-order valence-electron chi connectivity index (χ4n) is 2.37. The van der Waals surface area contributed by atoms with Crippen LogP contribution in [0.3, 0.4) is 0 Å². The van der Waals surface area contributed by atoms with Crippen molar-refractivity contribution in [3.63, 3.8) is 0 Å². The number of aliphatic hydroxyl groups excluding tert-OH is 1. The lowest BCUT2D eigenvalue weighted by Gasteiger charge is -2.12. The third-order valence-electron chi connectivity index (χ3n) is 3.56. The fourth-order valence-corrected chi connectivity index (χ4v) is 3.42. The molecular weight excluding hydrogens is 342 g/mol. The zero-order valence-electron chi connectivity index (χ0n) is 14.1. The minimum Gasteiger partial charge on any atom is -0.512 e. The standard InChI is InChI=1S/C18H19NO5S/c1-11-4-7-15(8-5-11)25(23,24)19-14-6-9-17(22)16(10-14)18(12(2)20)13(3)21/h4-10,19-20,22H,1-3H3. The molecule has 0 bridgehead atoms. The molecule has 0 heterocycles. The number of allylic oxidation sites excluding steroid dienone is 2. The Morgan fingerprint density at radius 3 is 2.16 bits per heavy atom. The topological polar surface area (TPSA) is 104 Å². The normalized spacial score (nSPS) is 12.4. The molecule has 0 atom stereocenters. The fraction of sp³-hybridized carbons (Fsp3) is 0.167. The Morgan fingerprint density at radius 2 is 1.64 bits per heavy atom. The minimum atomic E-state index is -3.82. The molecule has 25 heavy (non-hydrogen) atoms. The number of carbonyl (C=O) groups is 1. The third kappa shape index (κ3) is 4.19. The molecule has 0 unspecified atom stereocenters. The molecule has 0 aromatic heterocycles. The van der Waals surface area contributed by atoms with Crippen LogP contribution >= 0.6 is 0 Å². The summed E-state index contributed by atoms with van der Waals surface area (Å²) in [7, 11) is -3.82. The van der Waals surface area contributed by atoms with Crippen LogP contribution in [0.15, 0.2) is 53.1 Å². The van der Waals surface area contributed by atoms with Crippen molar-refractivity contribution in [1.82, 2.24) is 0 Å². The van der Waals surface area contributed by atoms with Gasteiger partial charge in [-0.05, 0) is 51.1 Å². The van der Waals surface area contributed by atoms with Crippen LogP contribution in [0.2, 0.25) is 0 Å². The molecule has 0 fully saturated rings. The van der Waals surface area contributed by atoms with Crippen LogP contribution in [-0.4, -0.2) is 24.4 Å². The molecule has 132 valence electrons. The minimum absolute atomic E-state index is 0.0524. The smallest absolute Gasteiger partial charge is 0.261 e. The molecule has 0 aliphatic rings. The molecule has 0 aliphatic heterocycles. The first-order chi connectivity index (χ1) is 11.6. The van der Waals surface area contributed by atoms with Gasteiger partial charge < -0.3 is 10.2 Å². The van der Waals surface area contributed by atoms with Crippen molar-refractivity contribution in [2.45, 2.75) is 25.7 Å². The summed E-state index contributed by atoms with van der Waals surface area (Å²) in [6.07, 6.45) is 0. The molecule has 2 aromatic carbocycles. The average Bonchev–Trinajstić information content (AvgIpc) is 2.50. The molecule has 3 N–H and O–H groups in total. The van der Waals surface area contributed by atoms with Crippen molar-refractivity contribution >= 4 is 27.1 Å². The van der Waals surface area contributed by atoms with Crippen LogP contribution in [0.1, 0.15) is 25.0 Å². The van der Waals surface area contributed by atoms with Crippen molar-refractivity contribution in [2.24, 2.45) is 0 Å². The lowest BCUT2D eigenvalue weighted by atomic mass is 10.00. The van der Waals surface area contributed by atoms with E-state index in [0.29, 0.717) is 0 Å². The van der Waals surface area contributed by atoms with Gasteiger partial charge in [0.15, 0.2) is 5.78 Å². The van der Waals surface area contributed by atoms with E-state index < -0.39 is 15.8 Å². The number of sulfonamides is 1. The summed E-state index contributed by atoms with van der Waals surface area (Å²) in [5, 5.41) is 19.7. The van der Waals surface area contributed by atoms with E-state index in [4.69, 9.17) is 0 Å². The van der Waals surface area contributed by atoms with E-state index in [1.165, 1.54) is 44.2 Å². The average molecular weight is 361 g/mol. The van der Waals surface area contributed by atoms with Crippen LogP contribution in [-0.2, 0) is 14.8 Å². The van der Waals surface area contributed by atoms with Crippen LogP contribution in [0.5, 0.6) is 5.75 Å². The first kappa shape index (κ1) is 18.5. The SMILES string of the molecule is CC(=O)C(=C(C)O)c1cc(NS(=O)(=O)c2ccc(C)cc2)ccc1O. The van der Waals surface area contributed by atoms with Gasteiger partial charge in [0.2, 0.25) is 0 Å². The molecule has 0 spiro atoms. The Kier molecular flexibility index (Phi) is 5.18. The van der Waals surface area contributed by atoms with Gasteiger partial charge in [-0.25, -0.2) is 8.42 Å². The Morgan fingerprint density at radius 1 is 1.04 bits per heavy atom. The zero-order valence-corrected chi connectivity index (χ0v) is 14.9. The second kappa shape index (κ2) is 6.98. The van der Waals surface area contributed by atoms with Gasteiger partial charge in [0.25, 0.3) is 10.0 Å². The molecule has 0 saturated carbocycles. The van der Waals surface area contributed by atoms with Crippen molar-refractivity contribution in [1.29, 1.82) is 0 Å². The van der Waals surface area contributed by atoms with Crippen molar-refractivity contribution in [3.05, 3.63) is 59.4 Å². The van der Waals surface area contributed by atoms with Gasteiger partial charge in [-0.1, -0.05) is 17.7 Å². The van der Waals surface area contributed by atoms with Gasteiger partial charge in [-0.15, -0.1) is 0 Å².